The van der Waals surface area contributed by atoms with Crippen molar-refractivity contribution in [2.45, 2.75) is 0 Å². The standard InChI is InChI=1S/C12H6O5/c13-11-2-1-6-3-7-4-10(12(14)15)16-9(7)5-8(6)17-11/h1-5H,(H,14,15). The highest BCUT2D eigenvalue weighted by atomic mass is 16.4. The van der Waals surface area contributed by atoms with Crippen LogP contribution >= 0.6 is 0 Å². The van der Waals surface area contributed by atoms with Crippen LogP contribution in [-0.2, 0) is 0 Å². The van der Waals surface area contributed by atoms with Crippen molar-refractivity contribution in [2.24, 2.45) is 0 Å². The molecule has 0 atom stereocenters. The van der Waals surface area contributed by atoms with E-state index >= 15 is 0 Å². The number of carbonyl (C=O) groups is 1. The molecule has 1 aromatic carbocycles. The van der Waals surface area contributed by atoms with Gasteiger partial charge in [0.2, 0.25) is 5.76 Å². The van der Waals surface area contributed by atoms with Crippen LogP contribution in [0.5, 0.6) is 0 Å². The van der Waals surface area contributed by atoms with Gasteiger partial charge in [-0.15, -0.1) is 0 Å². The molecular formula is C12H6O5. The molecule has 5 nitrogen and oxygen atoms in total. The first kappa shape index (κ1) is 9.65. The molecule has 0 unspecified atom stereocenters. The molecule has 0 aliphatic heterocycles. The van der Waals surface area contributed by atoms with Gasteiger partial charge in [-0.3, -0.25) is 0 Å². The summed E-state index contributed by atoms with van der Waals surface area (Å²) in [5.41, 5.74) is 0.294. The lowest BCUT2D eigenvalue weighted by Gasteiger charge is -1.94. The van der Waals surface area contributed by atoms with Gasteiger partial charge in [0.15, 0.2) is 0 Å². The van der Waals surface area contributed by atoms with Gasteiger partial charge in [0, 0.05) is 22.9 Å². The van der Waals surface area contributed by atoms with E-state index in [0.29, 0.717) is 16.6 Å². The van der Waals surface area contributed by atoms with E-state index in [-0.39, 0.29) is 5.76 Å². The molecule has 1 N–H and O–H groups in total. The van der Waals surface area contributed by atoms with Crippen LogP contribution in [0.4, 0.5) is 0 Å². The summed E-state index contributed by atoms with van der Waals surface area (Å²) in [6, 6.07) is 7.59. The Morgan fingerprint density at radius 1 is 1.00 bits per heavy atom. The maximum atomic E-state index is 11.0. The van der Waals surface area contributed by atoms with E-state index in [4.69, 9.17) is 13.9 Å². The van der Waals surface area contributed by atoms with Crippen LogP contribution in [0.2, 0.25) is 0 Å². The number of carboxylic acids is 1. The summed E-state index contributed by atoms with van der Waals surface area (Å²) in [4.78, 5) is 21.8. The summed E-state index contributed by atoms with van der Waals surface area (Å²) in [5.74, 6) is -1.27. The largest absolute Gasteiger partial charge is 0.475 e. The molecule has 3 aromatic rings. The summed E-state index contributed by atoms with van der Waals surface area (Å²) in [6.07, 6.45) is 0. The number of aromatic carboxylic acids is 1. The summed E-state index contributed by atoms with van der Waals surface area (Å²) in [6.45, 7) is 0. The maximum absolute atomic E-state index is 11.0. The molecule has 84 valence electrons. The maximum Gasteiger partial charge on any atom is 0.371 e. The third-order valence-corrected chi connectivity index (χ3v) is 2.47. The van der Waals surface area contributed by atoms with Crippen molar-refractivity contribution in [3.8, 4) is 0 Å². The zero-order valence-electron chi connectivity index (χ0n) is 8.47. The van der Waals surface area contributed by atoms with Gasteiger partial charge in [-0.05, 0) is 18.2 Å². The minimum atomic E-state index is -1.13. The van der Waals surface area contributed by atoms with Crippen molar-refractivity contribution < 1.29 is 18.7 Å². The topological polar surface area (TPSA) is 80.6 Å². The molecule has 0 radical (unpaired) electrons. The number of hydrogen-bond acceptors (Lipinski definition) is 4. The fourth-order valence-electron chi connectivity index (χ4n) is 1.71. The van der Waals surface area contributed by atoms with Gasteiger partial charge in [-0.25, -0.2) is 9.59 Å². The lowest BCUT2D eigenvalue weighted by molar-refractivity contribution is 0.0665. The molecule has 0 spiro atoms. The van der Waals surface area contributed by atoms with Gasteiger partial charge in [0.05, 0.1) is 0 Å². The van der Waals surface area contributed by atoms with Gasteiger partial charge in [0.25, 0.3) is 0 Å². The Morgan fingerprint density at radius 2 is 1.76 bits per heavy atom. The molecule has 0 aliphatic carbocycles. The molecule has 0 saturated heterocycles. The fourth-order valence-corrected chi connectivity index (χ4v) is 1.71. The molecule has 5 heteroatoms. The highest BCUT2D eigenvalue weighted by Gasteiger charge is 2.11. The first-order valence-electron chi connectivity index (χ1n) is 4.84. The molecule has 0 bridgehead atoms. The number of hydrogen-bond donors (Lipinski definition) is 1. The van der Waals surface area contributed by atoms with Crippen LogP contribution in [0, 0.1) is 0 Å². The fraction of sp³-hybridized carbons (Fsp3) is 0. The Morgan fingerprint density at radius 3 is 2.53 bits per heavy atom. The van der Waals surface area contributed by atoms with E-state index in [2.05, 4.69) is 0 Å². The Hall–Kier alpha value is -2.56. The van der Waals surface area contributed by atoms with Crippen LogP contribution in [0.25, 0.3) is 21.9 Å². The molecule has 0 amide bonds. The van der Waals surface area contributed by atoms with E-state index in [1.54, 1.807) is 12.1 Å². The van der Waals surface area contributed by atoms with Gasteiger partial charge >= 0.3 is 11.6 Å². The Kier molecular flexibility index (Phi) is 1.82. The van der Waals surface area contributed by atoms with Gasteiger partial charge in [0.1, 0.15) is 11.2 Å². The van der Waals surface area contributed by atoms with Crippen LogP contribution in [0.3, 0.4) is 0 Å². The van der Waals surface area contributed by atoms with Crippen LogP contribution in [0.1, 0.15) is 10.6 Å². The molecular weight excluding hydrogens is 224 g/mol. The molecule has 0 saturated carbocycles. The number of furan rings is 1. The minimum Gasteiger partial charge on any atom is -0.475 e. The van der Waals surface area contributed by atoms with Gasteiger partial charge in [-0.2, -0.15) is 0 Å². The van der Waals surface area contributed by atoms with Crippen molar-refractivity contribution in [2.75, 3.05) is 0 Å². The van der Waals surface area contributed by atoms with Crippen molar-refractivity contribution in [1.82, 2.24) is 0 Å². The van der Waals surface area contributed by atoms with E-state index in [1.165, 1.54) is 18.2 Å². The van der Waals surface area contributed by atoms with Gasteiger partial charge in [-0.1, -0.05) is 0 Å². The number of rotatable bonds is 1. The predicted molar refractivity (Wildman–Crippen MR) is 59.2 cm³/mol. The predicted octanol–water partition coefficient (Wildman–Crippen LogP) is 2.24. The van der Waals surface area contributed by atoms with Crippen molar-refractivity contribution >= 4 is 27.9 Å². The normalized spacial score (nSPS) is 11.1. The first-order valence-corrected chi connectivity index (χ1v) is 4.84. The van der Waals surface area contributed by atoms with E-state index in [0.717, 1.165) is 5.39 Å². The summed E-state index contributed by atoms with van der Waals surface area (Å²) in [5, 5.41) is 10.2. The van der Waals surface area contributed by atoms with Crippen molar-refractivity contribution in [1.29, 1.82) is 0 Å². The van der Waals surface area contributed by atoms with Crippen LogP contribution in [0.15, 0.2) is 44.0 Å². The second kappa shape index (κ2) is 3.21. The van der Waals surface area contributed by atoms with E-state index in [1.807, 2.05) is 0 Å². The lowest BCUT2D eigenvalue weighted by Crippen LogP contribution is -1.93. The summed E-state index contributed by atoms with van der Waals surface area (Å²) in [7, 11) is 0. The van der Waals surface area contributed by atoms with Gasteiger partial charge < -0.3 is 13.9 Å². The first-order chi connectivity index (χ1) is 8.13. The number of carboxylic acid groups (broad SMARTS) is 1. The number of fused-ring (bicyclic) bond motifs is 2. The summed E-state index contributed by atoms with van der Waals surface area (Å²) >= 11 is 0. The van der Waals surface area contributed by atoms with Crippen LogP contribution in [-0.4, -0.2) is 11.1 Å². The minimum absolute atomic E-state index is 0.141. The Balaban J connectivity index is 2.39. The third kappa shape index (κ3) is 1.48. The average Bonchev–Trinajstić information content (AvgIpc) is 2.68. The Labute approximate surface area is 93.9 Å². The molecule has 2 aromatic heterocycles. The zero-order chi connectivity index (χ0) is 12.0. The Bertz CT molecular complexity index is 793. The van der Waals surface area contributed by atoms with Crippen LogP contribution < -0.4 is 5.63 Å². The summed E-state index contributed by atoms with van der Waals surface area (Å²) < 4.78 is 10.1. The second-order valence-electron chi connectivity index (χ2n) is 3.60. The quantitative estimate of drug-likeness (QED) is 0.648. The van der Waals surface area contributed by atoms with Crippen molar-refractivity contribution in [3.05, 3.63) is 46.5 Å². The molecule has 17 heavy (non-hydrogen) atoms. The SMILES string of the molecule is O=C(O)c1cc2cc3ccc(=O)oc3cc2o1. The highest BCUT2D eigenvalue weighted by Crippen LogP contribution is 2.24. The highest BCUT2D eigenvalue weighted by molar-refractivity contribution is 5.97. The molecule has 2 heterocycles. The molecule has 3 rings (SSSR count). The second-order valence-corrected chi connectivity index (χ2v) is 3.60. The average molecular weight is 230 g/mol. The monoisotopic (exact) mass is 230 g/mol. The van der Waals surface area contributed by atoms with E-state index in [9.17, 15) is 9.59 Å². The molecule has 0 fully saturated rings. The number of benzene rings is 1. The zero-order valence-corrected chi connectivity index (χ0v) is 8.47. The lowest BCUT2D eigenvalue weighted by atomic mass is 10.2. The third-order valence-electron chi connectivity index (χ3n) is 2.47. The van der Waals surface area contributed by atoms with Crippen molar-refractivity contribution in [3.63, 3.8) is 0 Å². The smallest absolute Gasteiger partial charge is 0.371 e. The van der Waals surface area contributed by atoms with E-state index < -0.39 is 11.6 Å². The molecule has 0 aliphatic rings.